The molecule has 86 valence electrons. The van der Waals surface area contributed by atoms with Gasteiger partial charge in [0.1, 0.15) is 0 Å². The van der Waals surface area contributed by atoms with Crippen LogP contribution in [0.15, 0.2) is 30.5 Å². The van der Waals surface area contributed by atoms with Gasteiger partial charge in [0.25, 0.3) is 0 Å². The van der Waals surface area contributed by atoms with Crippen molar-refractivity contribution >= 4 is 10.9 Å². The highest BCUT2D eigenvalue weighted by Crippen LogP contribution is 2.21. The number of fused-ring (bicyclic) bond motifs is 1. The van der Waals surface area contributed by atoms with E-state index in [4.69, 9.17) is 0 Å². The van der Waals surface area contributed by atoms with Crippen molar-refractivity contribution in [2.75, 3.05) is 13.6 Å². The van der Waals surface area contributed by atoms with E-state index in [1.165, 1.54) is 22.9 Å². The third-order valence-corrected chi connectivity index (χ3v) is 3.12. The van der Waals surface area contributed by atoms with E-state index < -0.39 is 0 Å². The first-order valence-electron chi connectivity index (χ1n) is 6.08. The minimum atomic E-state index is 1.05. The lowest BCUT2D eigenvalue weighted by molar-refractivity contribution is 0.726. The number of hydrogen-bond acceptors (Lipinski definition) is 1. The third kappa shape index (κ3) is 2.12. The zero-order valence-corrected chi connectivity index (χ0v) is 10.2. The van der Waals surface area contributed by atoms with Crippen LogP contribution in [0.4, 0.5) is 0 Å². The summed E-state index contributed by atoms with van der Waals surface area (Å²) in [4.78, 5) is 0. The molecule has 1 aromatic carbocycles. The van der Waals surface area contributed by atoms with Crippen LogP contribution in [-0.2, 0) is 13.0 Å². The van der Waals surface area contributed by atoms with Crippen LogP contribution in [0, 0.1) is 0 Å². The van der Waals surface area contributed by atoms with E-state index in [1.54, 1.807) is 0 Å². The van der Waals surface area contributed by atoms with Crippen LogP contribution >= 0.6 is 0 Å². The van der Waals surface area contributed by atoms with Gasteiger partial charge >= 0.3 is 0 Å². The molecule has 0 unspecified atom stereocenters. The molecule has 0 spiro atoms. The predicted octanol–water partition coefficient (Wildman–Crippen LogP) is 2.81. The molecule has 0 aliphatic heterocycles. The largest absolute Gasteiger partial charge is 0.348 e. The Balaban J connectivity index is 2.28. The smallest absolute Gasteiger partial charge is 0.0482 e. The highest BCUT2D eigenvalue weighted by atomic mass is 14.9. The van der Waals surface area contributed by atoms with E-state index in [0.717, 1.165) is 19.5 Å². The van der Waals surface area contributed by atoms with Crippen LogP contribution < -0.4 is 5.32 Å². The average molecular weight is 216 g/mol. The van der Waals surface area contributed by atoms with Crippen LogP contribution in [0.5, 0.6) is 0 Å². The lowest BCUT2D eigenvalue weighted by Gasteiger charge is -2.05. The fourth-order valence-electron chi connectivity index (χ4n) is 2.24. The van der Waals surface area contributed by atoms with E-state index in [0.29, 0.717) is 0 Å². The third-order valence-electron chi connectivity index (χ3n) is 3.12. The highest BCUT2D eigenvalue weighted by Gasteiger charge is 2.03. The Hall–Kier alpha value is -1.28. The molecule has 0 bridgehead atoms. The van der Waals surface area contributed by atoms with Crippen LogP contribution in [0.25, 0.3) is 10.9 Å². The molecule has 0 amide bonds. The Bertz CT molecular complexity index is 457. The molecule has 2 nitrogen and oxygen atoms in total. The molecule has 2 heteroatoms. The minimum Gasteiger partial charge on any atom is -0.348 e. The number of rotatable bonds is 5. The second-order valence-corrected chi connectivity index (χ2v) is 4.16. The van der Waals surface area contributed by atoms with E-state index >= 15 is 0 Å². The second kappa shape index (κ2) is 5.17. The fourth-order valence-corrected chi connectivity index (χ4v) is 2.24. The van der Waals surface area contributed by atoms with Gasteiger partial charge in [-0.05, 0) is 51.1 Å². The molecule has 0 atom stereocenters. The van der Waals surface area contributed by atoms with Gasteiger partial charge in [-0.15, -0.1) is 0 Å². The quantitative estimate of drug-likeness (QED) is 0.760. The number of aryl methyl sites for hydroxylation is 2. The summed E-state index contributed by atoms with van der Waals surface area (Å²) < 4.78 is 2.30. The molecule has 0 aliphatic carbocycles. The summed E-state index contributed by atoms with van der Waals surface area (Å²) in [6.45, 7) is 4.32. The van der Waals surface area contributed by atoms with Crippen LogP contribution in [0.3, 0.4) is 0 Å². The molecule has 0 radical (unpaired) electrons. The Morgan fingerprint density at radius 1 is 1.25 bits per heavy atom. The van der Waals surface area contributed by atoms with Gasteiger partial charge in [-0.2, -0.15) is 0 Å². The topological polar surface area (TPSA) is 17.0 Å². The first-order valence-corrected chi connectivity index (χ1v) is 6.08. The first-order chi connectivity index (χ1) is 7.86. The zero-order chi connectivity index (χ0) is 11.4. The van der Waals surface area contributed by atoms with Crippen molar-refractivity contribution < 1.29 is 0 Å². The lowest BCUT2D eigenvalue weighted by Crippen LogP contribution is -2.08. The number of hydrogen-bond donors (Lipinski definition) is 1. The van der Waals surface area contributed by atoms with Crippen molar-refractivity contribution in [1.29, 1.82) is 0 Å². The fraction of sp³-hybridized carbons (Fsp3) is 0.429. The maximum atomic E-state index is 3.20. The summed E-state index contributed by atoms with van der Waals surface area (Å²) in [5.74, 6) is 0. The Kier molecular flexibility index (Phi) is 3.62. The monoisotopic (exact) mass is 216 g/mol. The summed E-state index contributed by atoms with van der Waals surface area (Å²) in [5.41, 5.74) is 2.84. The van der Waals surface area contributed by atoms with Gasteiger partial charge in [-0.1, -0.05) is 12.1 Å². The van der Waals surface area contributed by atoms with E-state index in [1.807, 2.05) is 7.05 Å². The van der Waals surface area contributed by atoms with Crippen molar-refractivity contribution in [2.24, 2.45) is 0 Å². The van der Waals surface area contributed by atoms with Crippen molar-refractivity contribution in [3.8, 4) is 0 Å². The lowest BCUT2D eigenvalue weighted by atomic mass is 10.1. The molecule has 16 heavy (non-hydrogen) atoms. The molecule has 1 N–H and O–H groups in total. The normalized spacial score (nSPS) is 11.1. The molecular weight excluding hydrogens is 196 g/mol. The molecule has 2 aromatic rings. The van der Waals surface area contributed by atoms with Crippen LogP contribution in [0.1, 0.15) is 18.9 Å². The molecule has 1 aromatic heterocycles. The van der Waals surface area contributed by atoms with Crippen LogP contribution in [-0.4, -0.2) is 18.2 Å². The number of nitrogens with zero attached hydrogens (tertiary/aromatic N) is 1. The molecule has 2 rings (SSSR count). The molecule has 0 aliphatic rings. The summed E-state index contributed by atoms with van der Waals surface area (Å²) in [7, 11) is 2.01. The molecular formula is C14H20N2. The Morgan fingerprint density at radius 2 is 2.12 bits per heavy atom. The maximum Gasteiger partial charge on any atom is 0.0482 e. The van der Waals surface area contributed by atoms with E-state index in [-0.39, 0.29) is 0 Å². The van der Waals surface area contributed by atoms with Gasteiger partial charge in [-0.3, -0.25) is 0 Å². The van der Waals surface area contributed by atoms with Crippen molar-refractivity contribution in [1.82, 2.24) is 9.88 Å². The van der Waals surface area contributed by atoms with Crippen LogP contribution in [0.2, 0.25) is 0 Å². The van der Waals surface area contributed by atoms with Crippen molar-refractivity contribution in [3.05, 3.63) is 36.0 Å². The SMILES string of the molecule is CCn1ccc2c(CCCNC)cccc21. The highest BCUT2D eigenvalue weighted by molar-refractivity contribution is 5.83. The maximum absolute atomic E-state index is 3.20. The van der Waals surface area contributed by atoms with Gasteiger partial charge < -0.3 is 9.88 Å². The molecule has 0 fully saturated rings. The standard InChI is InChI=1S/C14H20N2/c1-3-16-11-9-13-12(7-5-10-15-2)6-4-8-14(13)16/h4,6,8-9,11,15H,3,5,7,10H2,1-2H3. The number of aromatic nitrogens is 1. The summed E-state index contributed by atoms with van der Waals surface area (Å²) in [6.07, 6.45) is 4.55. The Labute approximate surface area is 97.3 Å². The summed E-state index contributed by atoms with van der Waals surface area (Å²) >= 11 is 0. The Morgan fingerprint density at radius 3 is 2.88 bits per heavy atom. The van der Waals surface area contributed by atoms with Gasteiger partial charge in [0.15, 0.2) is 0 Å². The van der Waals surface area contributed by atoms with Gasteiger partial charge in [0, 0.05) is 23.6 Å². The van der Waals surface area contributed by atoms with Crippen molar-refractivity contribution in [2.45, 2.75) is 26.3 Å². The first kappa shape index (κ1) is 11.2. The van der Waals surface area contributed by atoms with Gasteiger partial charge in [0.05, 0.1) is 0 Å². The molecule has 0 saturated carbocycles. The van der Waals surface area contributed by atoms with Gasteiger partial charge in [0.2, 0.25) is 0 Å². The summed E-state index contributed by atoms with van der Waals surface area (Å²) in [5, 5.41) is 4.61. The van der Waals surface area contributed by atoms with Gasteiger partial charge in [-0.25, -0.2) is 0 Å². The number of nitrogens with one attached hydrogen (secondary N) is 1. The molecule has 1 heterocycles. The number of benzene rings is 1. The van der Waals surface area contributed by atoms with E-state index in [2.05, 4.69) is 47.3 Å². The summed E-state index contributed by atoms with van der Waals surface area (Å²) in [6, 6.07) is 8.87. The van der Waals surface area contributed by atoms with Crippen molar-refractivity contribution in [3.63, 3.8) is 0 Å². The second-order valence-electron chi connectivity index (χ2n) is 4.16. The average Bonchev–Trinajstić information content (AvgIpc) is 2.73. The zero-order valence-electron chi connectivity index (χ0n) is 10.2. The van der Waals surface area contributed by atoms with E-state index in [9.17, 15) is 0 Å². The minimum absolute atomic E-state index is 1.05. The molecule has 0 saturated heterocycles. The predicted molar refractivity (Wildman–Crippen MR) is 69.9 cm³/mol.